The molecule has 1 aliphatic rings. The zero-order valence-corrected chi connectivity index (χ0v) is 10.1. The number of rotatable bonds is 3. The maximum atomic E-state index is 13.0. The first-order valence-corrected chi connectivity index (χ1v) is 5.72. The SMILES string of the molecule is CCOC(=O)c1nnn(C2CCOC2)c1C(F)(F)F. The average Bonchev–Trinajstić information content (AvgIpc) is 2.97. The third-order valence-electron chi connectivity index (χ3n) is 2.68. The second-order valence-corrected chi connectivity index (χ2v) is 3.97. The highest BCUT2D eigenvalue weighted by Gasteiger charge is 2.43. The van der Waals surface area contributed by atoms with E-state index in [0.29, 0.717) is 17.7 Å². The van der Waals surface area contributed by atoms with Crippen LogP contribution in [0, 0.1) is 0 Å². The van der Waals surface area contributed by atoms with Crippen molar-refractivity contribution in [2.75, 3.05) is 19.8 Å². The van der Waals surface area contributed by atoms with Crippen LogP contribution in [0.15, 0.2) is 0 Å². The monoisotopic (exact) mass is 279 g/mol. The summed E-state index contributed by atoms with van der Waals surface area (Å²) in [5.41, 5.74) is -1.98. The molecule has 0 N–H and O–H groups in total. The van der Waals surface area contributed by atoms with Crippen LogP contribution in [0.3, 0.4) is 0 Å². The van der Waals surface area contributed by atoms with Crippen LogP contribution in [-0.4, -0.2) is 40.8 Å². The summed E-state index contributed by atoms with van der Waals surface area (Å²) in [6, 6.07) is -0.563. The summed E-state index contributed by atoms with van der Waals surface area (Å²) in [6.45, 7) is 1.95. The maximum absolute atomic E-state index is 13.0. The molecule has 0 aromatic carbocycles. The number of nitrogens with zero attached hydrogens (tertiary/aromatic N) is 3. The van der Waals surface area contributed by atoms with Crippen molar-refractivity contribution in [2.45, 2.75) is 25.6 Å². The number of carbonyl (C=O) groups is 1. The molecule has 106 valence electrons. The van der Waals surface area contributed by atoms with Gasteiger partial charge in [0.25, 0.3) is 0 Å². The van der Waals surface area contributed by atoms with Gasteiger partial charge in [0.05, 0.1) is 19.3 Å². The third-order valence-corrected chi connectivity index (χ3v) is 2.68. The van der Waals surface area contributed by atoms with Gasteiger partial charge in [-0.3, -0.25) is 0 Å². The Hall–Kier alpha value is -1.64. The van der Waals surface area contributed by atoms with E-state index < -0.39 is 29.6 Å². The smallest absolute Gasteiger partial charge is 0.435 e. The van der Waals surface area contributed by atoms with Gasteiger partial charge in [-0.15, -0.1) is 5.10 Å². The molecular weight excluding hydrogens is 267 g/mol. The first kappa shape index (κ1) is 13.8. The van der Waals surface area contributed by atoms with Crippen molar-refractivity contribution in [3.05, 3.63) is 11.4 Å². The number of ether oxygens (including phenoxy) is 2. The molecule has 6 nitrogen and oxygen atoms in total. The molecule has 0 radical (unpaired) electrons. The van der Waals surface area contributed by atoms with Gasteiger partial charge in [-0.1, -0.05) is 5.21 Å². The van der Waals surface area contributed by atoms with Gasteiger partial charge in [0.2, 0.25) is 5.69 Å². The summed E-state index contributed by atoms with van der Waals surface area (Å²) in [6.07, 6.45) is -4.33. The van der Waals surface area contributed by atoms with Crippen molar-refractivity contribution in [1.29, 1.82) is 0 Å². The molecule has 0 saturated carbocycles. The van der Waals surface area contributed by atoms with Crippen LogP contribution in [0.25, 0.3) is 0 Å². The number of alkyl halides is 3. The summed E-state index contributed by atoms with van der Waals surface area (Å²) in [5, 5.41) is 6.74. The number of carbonyl (C=O) groups excluding carboxylic acids is 1. The van der Waals surface area contributed by atoms with Crippen LogP contribution in [-0.2, 0) is 15.7 Å². The Balaban J connectivity index is 2.42. The molecule has 0 bridgehead atoms. The van der Waals surface area contributed by atoms with Crippen molar-refractivity contribution in [2.24, 2.45) is 0 Å². The summed E-state index contributed by atoms with van der Waals surface area (Å²) < 4.78 is 49.4. The molecule has 1 aliphatic heterocycles. The van der Waals surface area contributed by atoms with Crippen molar-refractivity contribution < 1.29 is 27.4 Å². The van der Waals surface area contributed by atoms with E-state index in [4.69, 9.17) is 4.74 Å². The van der Waals surface area contributed by atoms with Crippen molar-refractivity contribution in [3.8, 4) is 0 Å². The molecule has 2 rings (SSSR count). The highest BCUT2D eigenvalue weighted by Crippen LogP contribution is 2.34. The minimum Gasteiger partial charge on any atom is -0.461 e. The topological polar surface area (TPSA) is 66.2 Å². The number of halogens is 3. The molecule has 0 aliphatic carbocycles. The Labute approximate surface area is 106 Å². The normalized spacial score (nSPS) is 19.7. The lowest BCUT2D eigenvalue weighted by Gasteiger charge is -2.14. The lowest BCUT2D eigenvalue weighted by molar-refractivity contribution is -0.145. The molecule has 2 heterocycles. The first-order chi connectivity index (χ1) is 8.95. The molecule has 1 atom stereocenters. The van der Waals surface area contributed by atoms with Crippen LogP contribution < -0.4 is 0 Å². The van der Waals surface area contributed by atoms with E-state index >= 15 is 0 Å². The van der Waals surface area contributed by atoms with Crippen LogP contribution in [0.4, 0.5) is 13.2 Å². The summed E-state index contributed by atoms with van der Waals surface area (Å²) in [7, 11) is 0. The molecule has 0 amide bonds. The molecule has 1 unspecified atom stereocenters. The van der Waals surface area contributed by atoms with E-state index in [-0.39, 0.29) is 13.2 Å². The fourth-order valence-electron chi connectivity index (χ4n) is 1.87. The van der Waals surface area contributed by atoms with Gasteiger partial charge in [-0.25, -0.2) is 9.48 Å². The van der Waals surface area contributed by atoms with Gasteiger partial charge >= 0.3 is 12.1 Å². The van der Waals surface area contributed by atoms with Crippen molar-refractivity contribution >= 4 is 5.97 Å². The van der Waals surface area contributed by atoms with E-state index in [0.717, 1.165) is 0 Å². The number of esters is 1. The van der Waals surface area contributed by atoms with E-state index in [1.807, 2.05) is 0 Å². The highest BCUT2D eigenvalue weighted by molar-refractivity contribution is 5.88. The summed E-state index contributed by atoms with van der Waals surface area (Å²) in [5.74, 6) is -1.13. The van der Waals surface area contributed by atoms with Crippen LogP contribution in [0.2, 0.25) is 0 Å². The predicted octanol–water partition coefficient (Wildman–Crippen LogP) is 1.44. The molecular formula is C10H12F3N3O3. The van der Waals surface area contributed by atoms with E-state index in [9.17, 15) is 18.0 Å². The predicted molar refractivity (Wildman–Crippen MR) is 55.5 cm³/mol. The van der Waals surface area contributed by atoms with E-state index in [1.165, 1.54) is 6.92 Å². The van der Waals surface area contributed by atoms with Gasteiger partial charge in [-0.2, -0.15) is 13.2 Å². The standard InChI is InChI=1S/C10H12F3N3O3/c1-2-19-9(17)7-8(10(11,12)13)16(15-14-7)6-3-4-18-5-6/h6H,2-5H2,1H3. The molecule has 19 heavy (non-hydrogen) atoms. The molecule has 9 heteroatoms. The maximum Gasteiger partial charge on any atom is 0.435 e. The second kappa shape index (κ2) is 5.16. The fraction of sp³-hybridized carbons (Fsp3) is 0.700. The summed E-state index contributed by atoms with van der Waals surface area (Å²) in [4.78, 5) is 11.5. The largest absolute Gasteiger partial charge is 0.461 e. The zero-order valence-electron chi connectivity index (χ0n) is 10.1. The number of hydrogen-bond acceptors (Lipinski definition) is 5. The zero-order chi connectivity index (χ0) is 14.0. The lowest BCUT2D eigenvalue weighted by atomic mass is 10.2. The minimum absolute atomic E-state index is 0.0322. The van der Waals surface area contributed by atoms with Crippen LogP contribution in [0.1, 0.15) is 35.6 Å². The summed E-state index contributed by atoms with van der Waals surface area (Å²) >= 11 is 0. The fourth-order valence-corrected chi connectivity index (χ4v) is 1.87. The molecule has 0 spiro atoms. The molecule has 1 saturated heterocycles. The Morgan fingerprint density at radius 2 is 2.32 bits per heavy atom. The average molecular weight is 279 g/mol. The second-order valence-electron chi connectivity index (χ2n) is 3.97. The molecule has 1 fully saturated rings. The number of hydrogen-bond donors (Lipinski definition) is 0. The van der Waals surface area contributed by atoms with Crippen LogP contribution >= 0.6 is 0 Å². The molecule has 1 aromatic rings. The van der Waals surface area contributed by atoms with Gasteiger partial charge in [0.1, 0.15) is 0 Å². The third kappa shape index (κ3) is 2.70. The minimum atomic E-state index is -4.73. The van der Waals surface area contributed by atoms with Gasteiger partial charge in [0, 0.05) is 6.61 Å². The Morgan fingerprint density at radius 1 is 1.58 bits per heavy atom. The highest BCUT2D eigenvalue weighted by atomic mass is 19.4. The van der Waals surface area contributed by atoms with Crippen molar-refractivity contribution in [1.82, 2.24) is 15.0 Å². The van der Waals surface area contributed by atoms with E-state index in [2.05, 4.69) is 15.0 Å². The first-order valence-electron chi connectivity index (χ1n) is 5.72. The van der Waals surface area contributed by atoms with Gasteiger partial charge in [-0.05, 0) is 13.3 Å². The number of aromatic nitrogens is 3. The quantitative estimate of drug-likeness (QED) is 0.783. The Morgan fingerprint density at radius 3 is 2.84 bits per heavy atom. The van der Waals surface area contributed by atoms with Gasteiger partial charge < -0.3 is 9.47 Å². The molecule has 1 aromatic heterocycles. The van der Waals surface area contributed by atoms with E-state index in [1.54, 1.807) is 0 Å². The van der Waals surface area contributed by atoms with Crippen LogP contribution in [0.5, 0.6) is 0 Å². The Kier molecular flexibility index (Phi) is 3.74. The lowest BCUT2D eigenvalue weighted by Crippen LogP contribution is -2.22. The van der Waals surface area contributed by atoms with Crippen molar-refractivity contribution in [3.63, 3.8) is 0 Å². The Bertz CT molecular complexity index is 466. The van der Waals surface area contributed by atoms with Gasteiger partial charge in [0.15, 0.2) is 5.69 Å².